The van der Waals surface area contributed by atoms with Gasteiger partial charge in [-0.3, -0.25) is 9.59 Å². The van der Waals surface area contributed by atoms with E-state index in [1.54, 1.807) is 22.9 Å². The molecule has 0 saturated carbocycles. The molecular weight excluding hydrogens is 369 g/mol. The zero-order valence-corrected chi connectivity index (χ0v) is 16.8. The van der Waals surface area contributed by atoms with Crippen molar-refractivity contribution in [2.75, 3.05) is 19.6 Å². The molecule has 0 atom stereocenters. The van der Waals surface area contributed by atoms with E-state index in [9.17, 15) is 14.0 Å². The van der Waals surface area contributed by atoms with E-state index < -0.39 is 0 Å². The highest BCUT2D eigenvalue weighted by molar-refractivity contribution is 5.97. The summed E-state index contributed by atoms with van der Waals surface area (Å²) in [7, 11) is 0. The van der Waals surface area contributed by atoms with Crippen LogP contribution in [0.25, 0.3) is 0 Å². The van der Waals surface area contributed by atoms with E-state index in [2.05, 4.69) is 10.00 Å². The molecule has 2 heterocycles. The SMILES string of the molecule is O=C(c1ccc(F)cc1)C1CCN(CCCn2nc3c(cc2=O)CCCC3)CC1. The maximum Gasteiger partial charge on any atom is 0.267 e. The van der Waals surface area contributed by atoms with Crippen LogP contribution in [0.3, 0.4) is 0 Å². The summed E-state index contributed by atoms with van der Waals surface area (Å²) in [6, 6.07) is 7.62. The first-order valence-corrected chi connectivity index (χ1v) is 10.7. The highest BCUT2D eigenvalue weighted by Crippen LogP contribution is 2.22. The van der Waals surface area contributed by atoms with E-state index in [1.807, 2.05) is 0 Å². The zero-order valence-electron chi connectivity index (χ0n) is 16.8. The molecule has 0 unspecified atom stereocenters. The summed E-state index contributed by atoms with van der Waals surface area (Å²) in [5.74, 6) is -0.181. The van der Waals surface area contributed by atoms with Crippen molar-refractivity contribution in [2.24, 2.45) is 5.92 Å². The quantitative estimate of drug-likeness (QED) is 0.702. The van der Waals surface area contributed by atoms with Gasteiger partial charge in [-0.1, -0.05) is 0 Å². The Labute approximate surface area is 170 Å². The van der Waals surface area contributed by atoms with Gasteiger partial charge in [0.15, 0.2) is 5.78 Å². The molecule has 2 aliphatic rings. The van der Waals surface area contributed by atoms with Gasteiger partial charge in [0.25, 0.3) is 5.56 Å². The first-order valence-electron chi connectivity index (χ1n) is 10.7. The lowest BCUT2D eigenvalue weighted by Crippen LogP contribution is -2.37. The van der Waals surface area contributed by atoms with Crippen LogP contribution < -0.4 is 5.56 Å². The van der Waals surface area contributed by atoms with E-state index in [1.165, 1.54) is 12.1 Å². The van der Waals surface area contributed by atoms with E-state index in [-0.39, 0.29) is 23.1 Å². The average molecular weight is 397 g/mol. The molecule has 154 valence electrons. The molecule has 1 fully saturated rings. The second-order valence-corrected chi connectivity index (χ2v) is 8.23. The van der Waals surface area contributed by atoms with Crippen LogP contribution in [0.1, 0.15) is 53.7 Å². The van der Waals surface area contributed by atoms with Crippen molar-refractivity contribution in [3.63, 3.8) is 0 Å². The van der Waals surface area contributed by atoms with Gasteiger partial charge < -0.3 is 4.90 Å². The predicted molar refractivity (Wildman–Crippen MR) is 110 cm³/mol. The number of likely N-dealkylation sites (tertiary alicyclic amines) is 1. The zero-order chi connectivity index (χ0) is 20.2. The van der Waals surface area contributed by atoms with E-state index in [4.69, 9.17) is 0 Å². The highest BCUT2D eigenvalue weighted by atomic mass is 19.1. The number of hydrogen-bond donors (Lipinski definition) is 0. The third kappa shape index (κ3) is 4.81. The van der Waals surface area contributed by atoms with Crippen LogP contribution in [0.15, 0.2) is 35.1 Å². The van der Waals surface area contributed by atoms with Gasteiger partial charge in [-0.2, -0.15) is 5.10 Å². The van der Waals surface area contributed by atoms with Gasteiger partial charge in [0.1, 0.15) is 5.82 Å². The number of ketones is 1. The average Bonchev–Trinajstić information content (AvgIpc) is 2.74. The van der Waals surface area contributed by atoms with Gasteiger partial charge in [-0.15, -0.1) is 0 Å². The largest absolute Gasteiger partial charge is 0.303 e. The summed E-state index contributed by atoms with van der Waals surface area (Å²) in [5.41, 5.74) is 2.83. The number of fused-ring (bicyclic) bond motifs is 1. The molecule has 1 aromatic carbocycles. The molecule has 0 bridgehead atoms. The molecule has 0 amide bonds. The van der Waals surface area contributed by atoms with Crippen LogP contribution in [-0.4, -0.2) is 40.1 Å². The van der Waals surface area contributed by atoms with Crippen LogP contribution in [0, 0.1) is 11.7 Å². The minimum atomic E-state index is -0.316. The number of aryl methyl sites for hydroxylation is 3. The molecule has 1 aliphatic heterocycles. The van der Waals surface area contributed by atoms with Crippen LogP contribution in [0.5, 0.6) is 0 Å². The van der Waals surface area contributed by atoms with Crippen LogP contribution >= 0.6 is 0 Å². The molecule has 5 nitrogen and oxygen atoms in total. The molecule has 2 aromatic rings. The Morgan fingerprint density at radius 3 is 2.55 bits per heavy atom. The molecule has 0 radical (unpaired) electrons. The molecule has 1 aliphatic carbocycles. The second kappa shape index (κ2) is 8.99. The fourth-order valence-corrected chi connectivity index (χ4v) is 4.47. The monoisotopic (exact) mass is 397 g/mol. The Balaban J connectivity index is 1.25. The number of Topliss-reactive ketones (excluding diaryl/α,β-unsaturated/α-hetero) is 1. The van der Waals surface area contributed by atoms with Gasteiger partial charge in [-0.25, -0.2) is 9.07 Å². The van der Waals surface area contributed by atoms with Gasteiger partial charge in [0.2, 0.25) is 0 Å². The summed E-state index contributed by atoms with van der Waals surface area (Å²) in [6.07, 6.45) is 6.79. The Bertz CT molecular complexity index is 915. The molecular formula is C23H28FN3O2. The van der Waals surface area contributed by atoms with Gasteiger partial charge >= 0.3 is 0 Å². The first kappa shape index (κ1) is 20.0. The van der Waals surface area contributed by atoms with Crippen molar-refractivity contribution in [1.82, 2.24) is 14.7 Å². The maximum absolute atomic E-state index is 13.0. The number of aromatic nitrogens is 2. The fraction of sp³-hybridized carbons (Fsp3) is 0.522. The molecule has 0 spiro atoms. The molecule has 4 rings (SSSR count). The Hall–Kier alpha value is -2.34. The lowest BCUT2D eigenvalue weighted by atomic mass is 9.89. The summed E-state index contributed by atoms with van der Waals surface area (Å²) in [4.78, 5) is 27.2. The summed E-state index contributed by atoms with van der Waals surface area (Å²) >= 11 is 0. The van der Waals surface area contributed by atoms with Crippen LogP contribution in [0.2, 0.25) is 0 Å². The van der Waals surface area contributed by atoms with Crippen molar-refractivity contribution in [1.29, 1.82) is 0 Å². The van der Waals surface area contributed by atoms with Gasteiger partial charge in [0.05, 0.1) is 5.69 Å². The van der Waals surface area contributed by atoms with E-state index in [0.717, 1.165) is 75.8 Å². The number of benzene rings is 1. The first-order chi connectivity index (χ1) is 14.1. The number of carbonyl (C=O) groups excluding carboxylic acids is 1. The predicted octanol–water partition coefficient (Wildman–Crippen LogP) is 3.25. The number of nitrogens with zero attached hydrogens (tertiary/aromatic N) is 3. The standard InChI is InChI=1S/C23H28FN3O2/c24-20-8-6-17(7-9-20)23(29)18-10-14-26(15-11-18)12-3-13-27-22(28)16-19-4-1-2-5-21(19)25-27/h6-9,16,18H,1-5,10-15H2. The maximum atomic E-state index is 13.0. The Morgan fingerprint density at radius 2 is 1.79 bits per heavy atom. The summed E-state index contributed by atoms with van der Waals surface area (Å²) < 4.78 is 14.7. The minimum absolute atomic E-state index is 0.00857. The van der Waals surface area contributed by atoms with Crippen molar-refractivity contribution in [3.8, 4) is 0 Å². The highest BCUT2D eigenvalue weighted by Gasteiger charge is 2.25. The van der Waals surface area contributed by atoms with Crippen molar-refractivity contribution < 1.29 is 9.18 Å². The lowest BCUT2D eigenvalue weighted by molar-refractivity contribution is 0.0838. The lowest BCUT2D eigenvalue weighted by Gasteiger charge is -2.31. The van der Waals surface area contributed by atoms with Crippen molar-refractivity contribution >= 4 is 5.78 Å². The van der Waals surface area contributed by atoms with E-state index >= 15 is 0 Å². The summed E-state index contributed by atoms with van der Waals surface area (Å²) in [5, 5.41) is 4.58. The van der Waals surface area contributed by atoms with Gasteiger partial charge in [0, 0.05) is 24.1 Å². The molecule has 29 heavy (non-hydrogen) atoms. The number of halogens is 1. The Morgan fingerprint density at radius 1 is 1.07 bits per heavy atom. The van der Waals surface area contributed by atoms with Gasteiger partial charge in [-0.05, 0) is 94.4 Å². The Kier molecular flexibility index (Phi) is 6.19. The number of piperidine rings is 1. The number of carbonyl (C=O) groups is 1. The summed E-state index contributed by atoms with van der Waals surface area (Å²) in [6.45, 7) is 3.30. The topological polar surface area (TPSA) is 55.2 Å². The minimum Gasteiger partial charge on any atom is -0.303 e. The van der Waals surface area contributed by atoms with Crippen LogP contribution in [-0.2, 0) is 19.4 Å². The normalized spacial score (nSPS) is 17.8. The molecule has 1 saturated heterocycles. The second-order valence-electron chi connectivity index (χ2n) is 8.23. The smallest absolute Gasteiger partial charge is 0.267 e. The van der Waals surface area contributed by atoms with Crippen molar-refractivity contribution in [2.45, 2.75) is 51.5 Å². The third-order valence-corrected chi connectivity index (χ3v) is 6.21. The molecule has 0 N–H and O–H groups in total. The molecule has 6 heteroatoms. The van der Waals surface area contributed by atoms with E-state index in [0.29, 0.717) is 12.1 Å². The van der Waals surface area contributed by atoms with Crippen molar-refractivity contribution in [3.05, 3.63) is 63.3 Å². The fourth-order valence-electron chi connectivity index (χ4n) is 4.47. The van der Waals surface area contributed by atoms with Crippen LogP contribution in [0.4, 0.5) is 4.39 Å². The third-order valence-electron chi connectivity index (χ3n) is 6.21. The molecule has 1 aromatic heterocycles. The number of rotatable bonds is 6. The number of hydrogen-bond acceptors (Lipinski definition) is 4.